The third kappa shape index (κ3) is 8.69. The van der Waals surface area contributed by atoms with E-state index in [2.05, 4.69) is 10.3 Å². The fourth-order valence-electron chi connectivity index (χ4n) is 4.59. The lowest BCUT2D eigenvalue weighted by molar-refractivity contribution is -0.152. The number of fused-ring (bicyclic) bond motifs is 1. The summed E-state index contributed by atoms with van der Waals surface area (Å²) in [5.74, 6) is -6.74. The third-order valence-electron chi connectivity index (χ3n) is 6.58. The van der Waals surface area contributed by atoms with E-state index in [0.717, 1.165) is 0 Å². The second-order valence-corrected chi connectivity index (χ2v) is 9.88. The standard InChI is InChI=1S/C27H26ClF6N3O4/c1-41-21-4-2-3-16-19(21)13-20(38)24(36-22(16)14-5-7-15(28)8-6-14)37-25(40)18(10-12-27(32,33)34)17(23(35)39)9-11-26(29,30)31/h2-8,17-18,24H,9-13H2,1H3,(H2,35,39)(H,37,40)/t17-,18+,24+/m0/s1. The van der Waals surface area contributed by atoms with Crippen molar-refractivity contribution in [1.82, 2.24) is 5.32 Å². The molecule has 1 heterocycles. The van der Waals surface area contributed by atoms with Crippen LogP contribution in [0.4, 0.5) is 26.3 Å². The van der Waals surface area contributed by atoms with Crippen LogP contribution in [-0.4, -0.2) is 48.9 Å². The van der Waals surface area contributed by atoms with E-state index in [1.54, 1.807) is 42.5 Å². The number of ketones is 1. The van der Waals surface area contributed by atoms with Crippen LogP contribution >= 0.6 is 11.6 Å². The van der Waals surface area contributed by atoms with Crippen LogP contribution in [-0.2, 0) is 20.8 Å². The molecule has 3 rings (SSSR count). The smallest absolute Gasteiger partial charge is 0.389 e. The number of nitrogens with zero attached hydrogens (tertiary/aromatic N) is 1. The third-order valence-corrected chi connectivity index (χ3v) is 6.84. The number of amides is 2. The SMILES string of the molecule is COc1cccc2c1CC(=O)[C@@H](NC(=O)[C@H](CCC(F)(F)F)[C@H](CCC(F)(F)F)C(N)=O)N=C2c1ccc(Cl)cc1. The minimum atomic E-state index is -4.78. The zero-order chi connectivity index (χ0) is 30.5. The van der Waals surface area contributed by atoms with Crippen LogP contribution in [0.3, 0.4) is 0 Å². The molecule has 14 heteroatoms. The molecule has 0 saturated carbocycles. The highest BCUT2D eigenvalue weighted by Crippen LogP contribution is 2.33. The minimum absolute atomic E-state index is 0.224. The molecule has 2 amide bonds. The number of carbonyl (C=O) groups is 3. The molecule has 3 N–H and O–H groups in total. The van der Waals surface area contributed by atoms with Crippen LogP contribution in [0.25, 0.3) is 0 Å². The van der Waals surface area contributed by atoms with Crippen molar-refractivity contribution in [2.24, 2.45) is 22.6 Å². The summed E-state index contributed by atoms with van der Waals surface area (Å²) in [5.41, 5.74) is 6.85. The lowest BCUT2D eigenvalue weighted by Gasteiger charge is -2.26. The number of hydrogen-bond donors (Lipinski definition) is 2. The number of ether oxygens (including phenoxy) is 1. The number of alkyl halides is 6. The predicted octanol–water partition coefficient (Wildman–Crippen LogP) is 5.16. The molecule has 0 radical (unpaired) electrons. The van der Waals surface area contributed by atoms with E-state index in [0.29, 0.717) is 27.5 Å². The Morgan fingerprint density at radius 1 is 1.02 bits per heavy atom. The Hall–Kier alpha value is -3.61. The normalized spacial score (nSPS) is 17.1. The van der Waals surface area contributed by atoms with E-state index in [1.165, 1.54) is 7.11 Å². The molecule has 0 aliphatic carbocycles. The zero-order valence-electron chi connectivity index (χ0n) is 21.6. The summed E-state index contributed by atoms with van der Waals surface area (Å²) in [4.78, 5) is 43.1. The molecule has 7 nitrogen and oxygen atoms in total. The van der Waals surface area contributed by atoms with Crippen molar-refractivity contribution in [3.8, 4) is 5.75 Å². The maximum absolute atomic E-state index is 13.3. The van der Waals surface area contributed by atoms with Gasteiger partial charge < -0.3 is 15.8 Å². The van der Waals surface area contributed by atoms with Crippen molar-refractivity contribution in [3.63, 3.8) is 0 Å². The minimum Gasteiger partial charge on any atom is -0.496 e. The number of rotatable bonds is 10. The Labute approximate surface area is 236 Å². The molecular formula is C27H26ClF6N3O4. The summed E-state index contributed by atoms with van der Waals surface area (Å²) in [6.45, 7) is 0. The van der Waals surface area contributed by atoms with Gasteiger partial charge in [0, 0.05) is 52.8 Å². The second-order valence-electron chi connectivity index (χ2n) is 9.45. The molecule has 0 unspecified atom stereocenters. The van der Waals surface area contributed by atoms with Crippen LogP contribution in [0.5, 0.6) is 5.75 Å². The number of nitrogens with one attached hydrogen (secondary N) is 1. The monoisotopic (exact) mass is 605 g/mol. The highest BCUT2D eigenvalue weighted by Gasteiger charge is 2.40. The van der Waals surface area contributed by atoms with Gasteiger partial charge in [-0.05, 0) is 31.0 Å². The first kappa shape index (κ1) is 31.9. The molecule has 0 bridgehead atoms. The number of carbonyl (C=O) groups excluding carboxylic acids is 3. The van der Waals surface area contributed by atoms with Crippen molar-refractivity contribution in [3.05, 3.63) is 64.2 Å². The van der Waals surface area contributed by atoms with Gasteiger partial charge in [-0.25, -0.2) is 0 Å². The summed E-state index contributed by atoms with van der Waals surface area (Å²) in [7, 11) is 1.39. The average Bonchev–Trinajstić information content (AvgIpc) is 3.01. The van der Waals surface area contributed by atoms with Crippen molar-refractivity contribution in [1.29, 1.82) is 0 Å². The molecule has 2 aromatic carbocycles. The highest BCUT2D eigenvalue weighted by molar-refractivity contribution is 6.30. The summed E-state index contributed by atoms with van der Waals surface area (Å²) >= 11 is 6.00. The van der Waals surface area contributed by atoms with E-state index in [9.17, 15) is 40.7 Å². The zero-order valence-corrected chi connectivity index (χ0v) is 22.4. The van der Waals surface area contributed by atoms with Gasteiger partial charge in [0.1, 0.15) is 5.75 Å². The maximum Gasteiger partial charge on any atom is 0.389 e. The van der Waals surface area contributed by atoms with E-state index >= 15 is 0 Å². The second kappa shape index (κ2) is 12.9. The van der Waals surface area contributed by atoms with Gasteiger partial charge in [0.2, 0.25) is 11.8 Å². The van der Waals surface area contributed by atoms with Crippen LogP contribution in [0.1, 0.15) is 42.4 Å². The van der Waals surface area contributed by atoms with Gasteiger partial charge in [0.15, 0.2) is 11.9 Å². The van der Waals surface area contributed by atoms with Gasteiger partial charge in [0.25, 0.3) is 0 Å². The molecule has 3 atom stereocenters. The first-order valence-corrected chi connectivity index (χ1v) is 12.7. The van der Waals surface area contributed by atoms with Gasteiger partial charge in [0.05, 0.1) is 12.8 Å². The van der Waals surface area contributed by atoms with Crippen LogP contribution in [0.15, 0.2) is 47.5 Å². The van der Waals surface area contributed by atoms with E-state index < -0.39 is 73.6 Å². The van der Waals surface area contributed by atoms with Crippen LogP contribution in [0.2, 0.25) is 5.02 Å². The Balaban J connectivity index is 2.03. The number of benzene rings is 2. The number of halogens is 7. The lowest BCUT2D eigenvalue weighted by Crippen LogP contribution is -2.47. The van der Waals surface area contributed by atoms with Crippen molar-refractivity contribution in [2.45, 2.75) is 50.6 Å². The topological polar surface area (TPSA) is 111 Å². The number of methoxy groups -OCH3 is 1. The van der Waals surface area contributed by atoms with Gasteiger partial charge in [-0.1, -0.05) is 35.9 Å². The number of aliphatic imine (C=N–C) groups is 1. The van der Waals surface area contributed by atoms with E-state index in [4.69, 9.17) is 22.1 Å². The van der Waals surface area contributed by atoms with Gasteiger partial charge in [-0.2, -0.15) is 26.3 Å². The summed E-state index contributed by atoms with van der Waals surface area (Å²) < 4.78 is 83.2. The molecule has 41 heavy (non-hydrogen) atoms. The maximum atomic E-state index is 13.3. The number of Topliss-reactive ketones (excluding diaryl/α,β-unsaturated/α-hetero) is 1. The molecule has 0 fully saturated rings. The Morgan fingerprint density at radius 2 is 1.61 bits per heavy atom. The van der Waals surface area contributed by atoms with E-state index in [-0.39, 0.29) is 12.1 Å². The predicted molar refractivity (Wildman–Crippen MR) is 137 cm³/mol. The first-order chi connectivity index (χ1) is 19.1. The molecule has 1 aliphatic rings. The summed E-state index contributed by atoms with van der Waals surface area (Å²) in [6.07, 6.45) is -16.6. The van der Waals surface area contributed by atoms with E-state index in [1.807, 2.05) is 0 Å². The molecule has 2 aromatic rings. The summed E-state index contributed by atoms with van der Waals surface area (Å²) in [6, 6.07) is 11.2. The lowest BCUT2D eigenvalue weighted by atomic mass is 9.83. The van der Waals surface area contributed by atoms with Gasteiger partial charge in [-0.3, -0.25) is 19.4 Å². The Kier molecular flexibility index (Phi) is 10.1. The van der Waals surface area contributed by atoms with Gasteiger partial charge >= 0.3 is 12.4 Å². The van der Waals surface area contributed by atoms with Crippen molar-refractivity contribution >= 4 is 34.9 Å². The Morgan fingerprint density at radius 3 is 2.15 bits per heavy atom. The Bertz CT molecular complexity index is 1310. The molecule has 0 spiro atoms. The number of hydrogen-bond acceptors (Lipinski definition) is 5. The first-order valence-electron chi connectivity index (χ1n) is 12.4. The average molecular weight is 606 g/mol. The largest absolute Gasteiger partial charge is 0.496 e. The molecule has 1 aliphatic heterocycles. The van der Waals surface area contributed by atoms with Gasteiger partial charge in [-0.15, -0.1) is 0 Å². The fraction of sp³-hybridized carbons (Fsp3) is 0.407. The van der Waals surface area contributed by atoms with Crippen LogP contribution in [0, 0.1) is 11.8 Å². The van der Waals surface area contributed by atoms with Crippen molar-refractivity contribution in [2.75, 3.05) is 7.11 Å². The van der Waals surface area contributed by atoms with Crippen LogP contribution < -0.4 is 15.8 Å². The molecule has 222 valence electrons. The molecule has 0 saturated heterocycles. The molecule has 0 aromatic heterocycles. The summed E-state index contributed by atoms with van der Waals surface area (Å²) in [5, 5.41) is 2.66. The molecular weight excluding hydrogens is 580 g/mol. The quantitative estimate of drug-likeness (QED) is 0.365. The number of nitrogens with two attached hydrogens (primary N) is 1. The fourth-order valence-corrected chi connectivity index (χ4v) is 4.72. The highest BCUT2D eigenvalue weighted by atomic mass is 35.5. The van der Waals surface area contributed by atoms with Crippen molar-refractivity contribution < 1.29 is 45.5 Å². The number of primary amides is 1.